The summed E-state index contributed by atoms with van der Waals surface area (Å²) in [5.74, 6) is -1.94. The molecule has 144 valence electrons. The molecule has 0 aliphatic heterocycles. The van der Waals surface area contributed by atoms with Crippen LogP contribution in [-0.2, 0) is 15.8 Å². The number of aryl methyl sites for hydroxylation is 2. The number of aliphatic carboxylic acids is 1. The number of hydrogen-bond donors (Lipinski definition) is 2. The molecule has 0 radical (unpaired) electrons. The van der Waals surface area contributed by atoms with Crippen molar-refractivity contribution in [2.75, 3.05) is 5.75 Å². The Bertz CT molecular complexity index is 839. The van der Waals surface area contributed by atoms with Gasteiger partial charge in [0.1, 0.15) is 0 Å². The number of carboxylic acids is 1. The van der Waals surface area contributed by atoms with Crippen molar-refractivity contribution in [1.82, 2.24) is 10.3 Å². The van der Waals surface area contributed by atoms with Gasteiger partial charge in [-0.05, 0) is 42.7 Å². The van der Waals surface area contributed by atoms with Crippen LogP contribution in [0, 0.1) is 13.8 Å². The number of carbonyl (C=O) groups excluding carboxylic acids is 1. The third-order valence-corrected chi connectivity index (χ3v) is 4.78. The first-order valence-electron chi connectivity index (χ1n) is 7.83. The molecule has 2 rings (SSSR count). The molecule has 0 aliphatic carbocycles. The number of carbonyl (C=O) groups is 2. The molecule has 5 nitrogen and oxygen atoms in total. The van der Waals surface area contributed by atoms with Crippen LogP contribution < -0.4 is 5.32 Å². The molecule has 0 spiro atoms. The number of aromatic nitrogens is 1. The van der Waals surface area contributed by atoms with E-state index < -0.39 is 29.7 Å². The van der Waals surface area contributed by atoms with Gasteiger partial charge in [-0.15, -0.1) is 0 Å². The number of amides is 1. The van der Waals surface area contributed by atoms with Crippen molar-refractivity contribution >= 4 is 23.6 Å². The van der Waals surface area contributed by atoms with E-state index in [0.717, 1.165) is 29.0 Å². The maximum atomic E-state index is 12.5. The number of nitrogens with one attached hydrogen (secondary N) is 1. The molecule has 1 heterocycles. The quantitative estimate of drug-likeness (QED) is 0.725. The van der Waals surface area contributed by atoms with Crippen molar-refractivity contribution < 1.29 is 27.9 Å². The molecule has 0 aliphatic rings. The van der Waals surface area contributed by atoms with E-state index >= 15 is 0 Å². The van der Waals surface area contributed by atoms with E-state index in [9.17, 15) is 27.9 Å². The molecule has 1 atom stereocenters. The predicted octanol–water partition coefficient (Wildman–Crippen LogP) is 3.75. The van der Waals surface area contributed by atoms with Gasteiger partial charge >= 0.3 is 12.1 Å². The fraction of sp³-hybridized carbons (Fsp3) is 0.278. The molecule has 1 aromatic heterocycles. The zero-order valence-corrected chi connectivity index (χ0v) is 15.3. The Morgan fingerprint density at radius 3 is 2.41 bits per heavy atom. The summed E-state index contributed by atoms with van der Waals surface area (Å²) in [6.45, 7) is 3.73. The summed E-state index contributed by atoms with van der Waals surface area (Å²) in [4.78, 5) is 27.2. The van der Waals surface area contributed by atoms with Gasteiger partial charge in [0.05, 0.1) is 16.3 Å². The first kappa shape index (κ1) is 20.8. The molecule has 27 heavy (non-hydrogen) atoms. The van der Waals surface area contributed by atoms with Gasteiger partial charge in [-0.2, -0.15) is 13.2 Å². The van der Waals surface area contributed by atoms with E-state index in [2.05, 4.69) is 10.3 Å². The summed E-state index contributed by atoms with van der Waals surface area (Å²) in [6.07, 6.45) is -3.79. The maximum Gasteiger partial charge on any atom is 0.417 e. The van der Waals surface area contributed by atoms with Crippen LogP contribution in [0.3, 0.4) is 0 Å². The van der Waals surface area contributed by atoms with E-state index in [-0.39, 0.29) is 10.8 Å². The Kier molecular flexibility index (Phi) is 6.48. The Morgan fingerprint density at radius 1 is 1.19 bits per heavy atom. The van der Waals surface area contributed by atoms with Gasteiger partial charge < -0.3 is 10.4 Å². The highest BCUT2D eigenvalue weighted by Gasteiger charge is 2.30. The van der Waals surface area contributed by atoms with Crippen LogP contribution in [0.25, 0.3) is 0 Å². The molecular formula is C18H17F3N2O3S. The molecule has 0 saturated heterocycles. The normalized spacial score (nSPS) is 12.5. The summed E-state index contributed by atoms with van der Waals surface area (Å²) < 4.78 is 37.5. The first-order valence-corrected chi connectivity index (χ1v) is 8.82. The maximum absolute atomic E-state index is 12.5. The van der Waals surface area contributed by atoms with Crippen LogP contribution in [0.5, 0.6) is 0 Å². The topological polar surface area (TPSA) is 79.3 Å². The van der Waals surface area contributed by atoms with Crippen molar-refractivity contribution in [1.29, 1.82) is 0 Å². The smallest absolute Gasteiger partial charge is 0.417 e. The zero-order chi connectivity index (χ0) is 20.2. The van der Waals surface area contributed by atoms with Crippen LogP contribution >= 0.6 is 11.8 Å². The molecule has 2 N–H and O–H groups in total. The molecule has 1 amide bonds. The Morgan fingerprint density at radius 2 is 1.89 bits per heavy atom. The molecular weight excluding hydrogens is 381 g/mol. The minimum absolute atomic E-state index is 0.174. The second-order valence-corrected chi connectivity index (χ2v) is 6.85. The van der Waals surface area contributed by atoms with Gasteiger partial charge in [0.15, 0.2) is 6.04 Å². The molecule has 2 aromatic rings. The van der Waals surface area contributed by atoms with E-state index in [1.54, 1.807) is 18.2 Å². The largest absolute Gasteiger partial charge is 0.479 e. The second kappa shape index (κ2) is 8.43. The molecule has 0 saturated carbocycles. The van der Waals surface area contributed by atoms with Crippen LogP contribution in [0.15, 0.2) is 41.6 Å². The summed E-state index contributed by atoms with van der Waals surface area (Å²) in [6, 6.07) is 5.93. The fourth-order valence-electron chi connectivity index (χ4n) is 2.21. The summed E-state index contributed by atoms with van der Waals surface area (Å²) >= 11 is 0.919. The SMILES string of the molecule is Cc1ccc(C(NC(=O)CSc2ccc(C(F)(F)F)cn2)C(=O)O)cc1C. The number of hydrogen-bond acceptors (Lipinski definition) is 4. The number of carboxylic acid groups (broad SMARTS) is 1. The van der Waals surface area contributed by atoms with Crippen molar-refractivity contribution in [3.8, 4) is 0 Å². The molecule has 1 aromatic carbocycles. The van der Waals surface area contributed by atoms with Gasteiger partial charge in [0.25, 0.3) is 0 Å². The van der Waals surface area contributed by atoms with Gasteiger partial charge in [-0.25, -0.2) is 9.78 Å². The lowest BCUT2D eigenvalue weighted by Gasteiger charge is -2.16. The number of rotatable bonds is 6. The minimum Gasteiger partial charge on any atom is -0.479 e. The van der Waals surface area contributed by atoms with Crippen LogP contribution in [0.1, 0.15) is 28.3 Å². The van der Waals surface area contributed by atoms with Crippen LogP contribution in [0.4, 0.5) is 13.2 Å². The van der Waals surface area contributed by atoms with Gasteiger partial charge in [-0.1, -0.05) is 30.0 Å². The second-order valence-electron chi connectivity index (χ2n) is 5.85. The van der Waals surface area contributed by atoms with Crippen LogP contribution in [0.2, 0.25) is 0 Å². The van der Waals surface area contributed by atoms with E-state index in [0.29, 0.717) is 11.8 Å². The van der Waals surface area contributed by atoms with E-state index in [4.69, 9.17) is 0 Å². The van der Waals surface area contributed by atoms with E-state index in [1.165, 1.54) is 6.07 Å². The Labute approximate surface area is 158 Å². The Balaban J connectivity index is 2.00. The van der Waals surface area contributed by atoms with Gasteiger partial charge in [-0.3, -0.25) is 4.79 Å². The van der Waals surface area contributed by atoms with E-state index in [1.807, 2.05) is 13.8 Å². The third kappa shape index (κ3) is 5.72. The number of nitrogens with zero attached hydrogens (tertiary/aromatic N) is 1. The number of pyridine rings is 1. The standard InChI is InChI=1S/C18H17F3N2O3S/c1-10-3-4-12(7-11(10)2)16(17(25)26)23-14(24)9-27-15-6-5-13(8-22-15)18(19,20)21/h3-8,16H,9H2,1-2H3,(H,23,24)(H,25,26). The van der Waals surface area contributed by atoms with Crippen LogP contribution in [-0.4, -0.2) is 27.7 Å². The minimum atomic E-state index is -4.48. The molecule has 0 bridgehead atoms. The molecule has 9 heteroatoms. The number of benzene rings is 1. The highest BCUT2D eigenvalue weighted by molar-refractivity contribution is 7.99. The number of thioether (sulfide) groups is 1. The molecule has 1 unspecified atom stereocenters. The summed E-state index contributed by atoms with van der Waals surface area (Å²) in [5.41, 5.74) is 1.46. The van der Waals surface area contributed by atoms with Gasteiger partial charge in [0, 0.05) is 6.20 Å². The summed E-state index contributed by atoms with van der Waals surface area (Å²) in [7, 11) is 0. The average Bonchev–Trinajstić information content (AvgIpc) is 2.59. The lowest BCUT2D eigenvalue weighted by molar-refractivity contribution is -0.141. The fourth-order valence-corrected chi connectivity index (χ4v) is 2.86. The lowest BCUT2D eigenvalue weighted by atomic mass is 10.0. The van der Waals surface area contributed by atoms with Gasteiger partial charge in [0.2, 0.25) is 5.91 Å². The average molecular weight is 398 g/mol. The zero-order valence-electron chi connectivity index (χ0n) is 14.5. The molecule has 0 fully saturated rings. The van der Waals surface area contributed by atoms with Crippen molar-refractivity contribution in [3.05, 3.63) is 58.8 Å². The highest BCUT2D eigenvalue weighted by Crippen LogP contribution is 2.29. The lowest BCUT2D eigenvalue weighted by Crippen LogP contribution is -2.34. The first-order chi connectivity index (χ1) is 12.6. The van der Waals surface area contributed by atoms with Crippen molar-refractivity contribution in [3.63, 3.8) is 0 Å². The third-order valence-electron chi connectivity index (χ3n) is 3.83. The monoisotopic (exact) mass is 398 g/mol. The predicted molar refractivity (Wildman–Crippen MR) is 94.4 cm³/mol. The van der Waals surface area contributed by atoms with Crippen molar-refractivity contribution in [2.24, 2.45) is 0 Å². The number of halogens is 3. The highest BCUT2D eigenvalue weighted by atomic mass is 32.2. The Hall–Kier alpha value is -2.55. The van der Waals surface area contributed by atoms with Crippen molar-refractivity contribution in [2.45, 2.75) is 31.1 Å². The number of alkyl halides is 3. The summed E-state index contributed by atoms with van der Waals surface area (Å²) in [5, 5.41) is 12.0.